The molecule has 2 aromatic carbocycles. The van der Waals surface area contributed by atoms with Crippen LogP contribution in [0.3, 0.4) is 0 Å². The van der Waals surface area contributed by atoms with E-state index in [1.54, 1.807) is 23.5 Å². The highest BCUT2D eigenvalue weighted by atomic mass is 32.1. The summed E-state index contributed by atoms with van der Waals surface area (Å²) in [4.78, 5) is 8.09. The van der Waals surface area contributed by atoms with E-state index in [1.165, 1.54) is 17.0 Å². The Kier molecular flexibility index (Phi) is 6.26. The van der Waals surface area contributed by atoms with Crippen LogP contribution in [0.25, 0.3) is 17.0 Å². The van der Waals surface area contributed by atoms with Crippen molar-refractivity contribution in [1.29, 1.82) is 0 Å². The Balaban J connectivity index is 1.55. The summed E-state index contributed by atoms with van der Waals surface area (Å²) in [5, 5.41) is 10.4. The third-order valence-corrected chi connectivity index (χ3v) is 7.20. The molecule has 1 aliphatic rings. The fourth-order valence-electron chi connectivity index (χ4n) is 4.06. The van der Waals surface area contributed by atoms with Gasteiger partial charge >= 0.3 is 0 Å². The largest absolute Gasteiger partial charge is 0.351 e. The Morgan fingerprint density at radius 1 is 1.09 bits per heavy atom. The first-order valence-electron chi connectivity index (χ1n) is 11.0. The minimum Gasteiger partial charge on any atom is -0.351 e. The number of thiophene rings is 1. The maximum absolute atomic E-state index is 13.6. The first-order chi connectivity index (χ1) is 16.5. The standard InChI is InChI=1S/C26H23FN4OS2/c1-16-5-7-19(8-6-16)24-29-25(32-30-24)22-17(2)31(14-13-21-4-3-15-34-21)26(33)28-23(22)18-9-11-20(27)12-10-18/h3-12,15,23H,13-14H2,1-2H3,(H,28,33). The van der Waals surface area contributed by atoms with Crippen molar-refractivity contribution in [2.24, 2.45) is 0 Å². The zero-order valence-corrected chi connectivity index (χ0v) is 20.4. The summed E-state index contributed by atoms with van der Waals surface area (Å²) < 4.78 is 19.4. The molecular weight excluding hydrogens is 467 g/mol. The van der Waals surface area contributed by atoms with Gasteiger partial charge < -0.3 is 14.7 Å². The summed E-state index contributed by atoms with van der Waals surface area (Å²) in [6.45, 7) is 4.77. The van der Waals surface area contributed by atoms with Gasteiger partial charge in [-0.3, -0.25) is 0 Å². The number of thiocarbonyl (C=S) groups is 1. The first kappa shape index (κ1) is 22.4. The quantitative estimate of drug-likeness (QED) is 0.327. The molecule has 0 aliphatic carbocycles. The molecule has 5 nitrogen and oxygen atoms in total. The maximum Gasteiger partial charge on any atom is 0.258 e. The van der Waals surface area contributed by atoms with Crippen LogP contribution in [0.2, 0.25) is 0 Å². The number of hydrogen-bond acceptors (Lipinski definition) is 5. The van der Waals surface area contributed by atoms with Gasteiger partial charge in [0.25, 0.3) is 5.89 Å². The summed E-state index contributed by atoms with van der Waals surface area (Å²) in [6.07, 6.45) is 0.865. The van der Waals surface area contributed by atoms with Gasteiger partial charge in [-0.15, -0.1) is 11.3 Å². The molecule has 0 amide bonds. The number of allylic oxidation sites excluding steroid dienone is 1. The van der Waals surface area contributed by atoms with Gasteiger partial charge in [0.2, 0.25) is 5.82 Å². The van der Waals surface area contributed by atoms with E-state index in [4.69, 9.17) is 21.7 Å². The van der Waals surface area contributed by atoms with Crippen LogP contribution in [0.4, 0.5) is 4.39 Å². The summed E-state index contributed by atoms with van der Waals surface area (Å²) in [6, 6.07) is 18.2. The summed E-state index contributed by atoms with van der Waals surface area (Å²) in [5.74, 6) is 0.645. The highest BCUT2D eigenvalue weighted by Gasteiger charge is 2.34. The van der Waals surface area contributed by atoms with Crippen LogP contribution in [-0.4, -0.2) is 26.7 Å². The van der Waals surface area contributed by atoms with Crippen LogP contribution in [-0.2, 0) is 6.42 Å². The summed E-state index contributed by atoms with van der Waals surface area (Å²) in [5.41, 5.74) is 4.68. The Hall–Kier alpha value is -3.36. The van der Waals surface area contributed by atoms with Crippen molar-refractivity contribution in [2.45, 2.75) is 26.3 Å². The van der Waals surface area contributed by atoms with E-state index in [0.717, 1.165) is 40.9 Å². The Morgan fingerprint density at radius 3 is 2.56 bits per heavy atom. The number of aryl methyl sites for hydroxylation is 1. The molecule has 1 N–H and O–H groups in total. The van der Waals surface area contributed by atoms with Crippen LogP contribution in [0.15, 0.2) is 76.3 Å². The number of aromatic nitrogens is 2. The van der Waals surface area contributed by atoms with E-state index in [-0.39, 0.29) is 11.9 Å². The second kappa shape index (κ2) is 9.48. The highest BCUT2D eigenvalue weighted by molar-refractivity contribution is 7.80. The van der Waals surface area contributed by atoms with Crippen molar-refractivity contribution in [3.8, 4) is 11.4 Å². The molecule has 0 bridgehead atoms. The smallest absolute Gasteiger partial charge is 0.258 e. The fourth-order valence-corrected chi connectivity index (χ4v) is 5.11. The lowest BCUT2D eigenvalue weighted by Crippen LogP contribution is -2.46. The molecule has 4 aromatic rings. The van der Waals surface area contributed by atoms with E-state index in [9.17, 15) is 4.39 Å². The molecular formula is C26H23FN4OS2. The first-order valence-corrected chi connectivity index (χ1v) is 12.3. The molecule has 2 aromatic heterocycles. The average Bonchev–Trinajstić information content (AvgIpc) is 3.52. The lowest BCUT2D eigenvalue weighted by atomic mass is 9.94. The summed E-state index contributed by atoms with van der Waals surface area (Å²) >= 11 is 7.47. The second-order valence-electron chi connectivity index (χ2n) is 8.20. The molecule has 172 valence electrons. The molecule has 1 aliphatic heterocycles. The number of nitrogens with zero attached hydrogens (tertiary/aromatic N) is 3. The normalized spacial score (nSPS) is 16.1. The molecule has 34 heavy (non-hydrogen) atoms. The fraction of sp³-hybridized carbons (Fsp3) is 0.192. The minimum atomic E-state index is -0.336. The zero-order chi connectivity index (χ0) is 23.7. The van der Waals surface area contributed by atoms with Gasteiger partial charge in [-0.05, 0) is 61.6 Å². The number of rotatable bonds is 6. The number of nitrogens with one attached hydrogen (secondary N) is 1. The van der Waals surface area contributed by atoms with Crippen molar-refractivity contribution in [3.05, 3.63) is 99.5 Å². The predicted molar refractivity (Wildman–Crippen MR) is 137 cm³/mol. The zero-order valence-electron chi connectivity index (χ0n) is 18.8. The molecule has 8 heteroatoms. The van der Waals surface area contributed by atoms with Crippen LogP contribution in [0, 0.1) is 12.7 Å². The van der Waals surface area contributed by atoms with Crippen molar-refractivity contribution < 1.29 is 8.91 Å². The second-order valence-corrected chi connectivity index (χ2v) is 9.62. The monoisotopic (exact) mass is 490 g/mol. The molecule has 0 saturated carbocycles. The Labute approximate surface area is 206 Å². The van der Waals surface area contributed by atoms with Gasteiger partial charge in [0.05, 0.1) is 11.6 Å². The van der Waals surface area contributed by atoms with E-state index >= 15 is 0 Å². The third-order valence-electron chi connectivity index (χ3n) is 5.93. The van der Waals surface area contributed by atoms with Crippen molar-refractivity contribution in [3.63, 3.8) is 0 Å². The minimum absolute atomic E-state index is 0.290. The Morgan fingerprint density at radius 2 is 1.85 bits per heavy atom. The molecule has 0 fully saturated rings. The van der Waals surface area contributed by atoms with Crippen molar-refractivity contribution >= 4 is 34.2 Å². The van der Waals surface area contributed by atoms with Gasteiger partial charge in [0.15, 0.2) is 5.11 Å². The van der Waals surface area contributed by atoms with Crippen LogP contribution in [0.5, 0.6) is 0 Å². The lowest BCUT2D eigenvalue weighted by molar-refractivity contribution is 0.397. The average molecular weight is 491 g/mol. The lowest BCUT2D eigenvalue weighted by Gasteiger charge is -2.37. The van der Waals surface area contributed by atoms with Crippen LogP contribution >= 0.6 is 23.6 Å². The Bertz CT molecular complexity index is 1330. The molecule has 0 spiro atoms. The van der Waals surface area contributed by atoms with Gasteiger partial charge in [-0.1, -0.05) is 53.2 Å². The third kappa shape index (κ3) is 4.51. The molecule has 1 atom stereocenters. The summed E-state index contributed by atoms with van der Waals surface area (Å²) in [7, 11) is 0. The molecule has 1 unspecified atom stereocenters. The van der Waals surface area contributed by atoms with Gasteiger partial charge in [-0.25, -0.2) is 4.39 Å². The molecule has 0 radical (unpaired) electrons. The van der Waals surface area contributed by atoms with Crippen molar-refractivity contribution in [2.75, 3.05) is 6.54 Å². The van der Waals surface area contributed by atoms with Crippen LogP contribution in [0.1, 0.15) is 34.9 Å². The maximum atomic E-state index is 13.6. The van der Waals surface area contributed by atoms with E-state index in [0.29, 0.717) is 16.8 Å². The van der Waals surface area contributed by atoms with Crippen LogP contribution < -0.4 is 5.32 Å². The topological polar surface area (TPSA) is 54.2 Å². The van der Waals surface area contributed by atoms with Gasteiger partial charge in [0, 0.05) is 22.7 Å². The number of hydrogen-bond donors (Lipinski definition) is 1. The molecule has 5 rings (SSSR count). The molecule has 0 saturated heterocycles. The SMILES string of the molecule is CC1=C(c2nc(-c3ccc(C)cc3)no2)C(c2ccc(F)cc2)NC(=S)N1CCc1cccs1. The molecule has 3 heterocycles. The van der Waals surface area contributed by atoms with Crippen molar-refractivity contribution in [1.82, 2.24) is 20.4 Å². The number of benzene rings is 2. The van der Waals surface area contributed by atoms with Gasteiger partial charge in [0.1, 0.15) is 5.82 Å². The predicted octanol–water partition coefficient (Wildman–Crippen LogP) is 6.15. The van der Waals surface area contributed by atoms with E-state index < -0.39 is 0 Å². The number of halogens is 1. The van der Waals surface area contributed by atoms with E-state index in [2.05, 4.69) is 32.9 Å². The van der Waals surface area contributed by atoms with E-state index in [1.807, 2.05) is 38.1 Å². The highest BCUT2D eigenvalue weighted by Crippen LogP contribution is 2.37. The van der Waals surface area contributed by atoms with Gasteiger partial charge in [-0.2, -0.15) is 4.98 Å².